The number of ether oxygens (including phenoxy) is 1. The number of nitrogens with zero attached hydrogens (tertiary/aromatic N) is 5. The van der Waals surface area contributed by atoms with Gasteiger partial charge in [-0.15, -0.1) is 5.10 Å². The minimum atomic E-state index is -0.582. The number of pyridine rings is 1. The Morgan fingerprint density at radius 3 is 3.07 bits per heavy atom. The van der Waals surface area contributed by atoms with E-state index in [0.29, 0.717) is 11.4 Å². The number of rotatable bonds is 4. The van der Waals surface area contributed by atoms with E-state index in [2.05, 4.69) is 25.3 Å². The monoisotopic (exact) mass is 371 g/mol. The third kappa shape index (κ3) is 3.38. The lowest BCUT2D eigenvalue weighted by Crippen LogP contribution is -2.22. The van der Waals surface area contributed by atoms with Crippen molar-refractivity contribution in [3.05, 3.63) is 42.2 Å². The third-order valence-electron chi connectivity index (χ3n) is 4.37. The van der Waals surface area contributed by atoms with Gasteiger partial charge < -0.3 is 20.7 Å². The molecule has 1 aliphatic rings. The van der Waals surface area contributed by atoms with E-state index in [9.17, 15) is 9.18 Å². The van der Waals surface area contributed by atoms with Crippen molar-refractivity contribution >= 4 is 23.1 Å². The molecular weight excluding hydrogens is 353 g/mol. The summed E-state index contributed by atoms with van der Waals surface area (Å²) in [5.74, 6) is -0.633. The first-order valence-electron chi connectivity index (χ1n) is 8.41. The van der Waals surface area contributed by atoms with E-state index >= 15 is 0 Å². The molecule has 0 radical (unpaired) electrons. The summed E-state index contributed by atoms with van der Waals surface area (Å²) in [5, 5.41) is 6.67. The second-order valence-electron chi connectivity index (χ2n) is 6.42. The van der Waals surface area contributed by atoms with Gasteiger partial charge in [-0.05, 0) is 13.5 Å². The Hall–Kier alpha value is -3.27. The largest absolute Gasteiger partial charge is 0.487 e. The van der Waals surface area contributed by atoms with Crippen molar-refractivity contribution in [2.75, 3.05) is 31.2 Å². The highest BCUT2D eigenvalue weighted by atomic mass is 19.1. The van der Waals surface area contributed by atoms with Crippen LogP contribution in [0.15, 0.2) is 30.9 Å². The van der Waals surface area contributed by atoms with Crippen LogP contribution in [0.3, 0.4) is 0 Å². The molecule has 1 amide bonds. The summed E-state index contributed by atoms with van der Waals surface area (Å²) < 4.78 is 20.5. The number of carbonyl (C=O) groups excluding carboxylic acids is 1. The van der Waals surface area contributed by atoms with Crippen molar-refractivity contribution in [2.45, 2.75) is 12.5 Å². The number of anilines is 2. The Morgan fingerprint density at radius 1 is 1.44 bits per heavy atom. The van der Waals surface area contributed by atoms with Crippen LogP contribution >= 0.6 is 0 Å². The summed E-state index contributed by atoms with van der Waals surface area (Å²) in [7, 11) is 2.03. The molecule has 3 N–H and O–H groups in total. The Morgan fingerprint density at radius 2 is 2.30 bits per heavy atom. The van der Waals surface area contributed by atoms with Gasteiger partial charge in [-0.1, -0.05) is 0 Å². The molecule has 3 aromatic rings. The Bertz CT molecular complexity index is 1010. The summed E-state index contributed by atoms with van der Waals surface area (Å²) in [6, 6.07) is 1.70. The zero-order valence-electron chi connectivity index (χ0n) is 14.6. The van der Waals surface area contributed by atoms with Gasteiger partial charge in [-0.3, -0.25) is 9.78 Å². The summed E-state index contributed by atoms with van der Waals surface area (Å²) in [6.07, 6.45) is 6.15. The number of hydrogen-bond acceptors (Lipinski definition) is 7. The van der Waals surface area contributed by atoms with E-state index in [1.807, 2.05) is 7.05 Å². The van der Waals surface area contributed by atoms with Crippen LogP contribution in [-0.4, -0.2) is 56.6 Å². The fourth-order valence-electron chi connectivity index (χ4n) is 3.08. The van der Waals surface area contributed by atoms with Crippen molar-refractivity contribution in [1.82, 2.24) is 24.5 Å². The lowest BCUT2D eigenvalue weighted by molar-refractivity contribution is 0.102. The van der Waals surface area contributed by atoms with Crippen molar-refractivity contribution in [3.63, 3.8) is 0 Å². The number of likely N-dealkylation sites (N-methyl/N-ethyl adjacent to an activating group) is 1. The number of halogens is 1. The highest BCUT2D eigenvalue weighted by Gasteiger charge is 2.24. The molecule has 0 aromatic carbocycles. The summed E-state index contributed by atoms with van der Waals surface area (Å²) >= 11 is 0. The Kier molecular flexibility index (Phi) is 4.32. The molecule has 0 aliphatic carbocycles. The van der Waals surface area contributed by atoms with Crippen molar-refractivity contribution in [3.8, 4) is 5.75 Å². The van der Waals surface area contributed by atoms with E-state index in [1.54, 1.807) is 12.3 Å². The molecule has 1 atom stereocenters. The summed E-state index contributed by atoms with van der Waals surface area (Å²) in [5.41, 5.74) is 6.47. The molecule has 27 heavy (non-hydrogen) atoms. The molecule has 1 saturated heterocycles. The maximum Gasteiger partial charge on any atom is 0.263 e. The average Bonchev–Trinajstić information content (AvgIpc) is 3.18. The fraction of sp³-hybridized carbons (Fsp3) is 0.294. The zero-order valence-corrected chi connectivity index (χ0v) is 14.6. The van der Waals surface area contributed by atoms with Gasteiger partial charge in [0.25, 0.3) is 5.91 Å². The van der Waals surface area contributed by atoms with Crippen molar-refractivity contribution in [1.29, 1.82) is 0 Å². The molecule has 3 aromatic heterocycles. The topological polar surface area (TPSA) is 111 Å². The fourth-order valence-corrected chi connectivity index (χ4v) is 3.08. The van der Waals surface area contributed by atoms with E-state index < -0.39 is 11.7 Å². The molecule has 4 heterocycles. The summed E-state index contributed by atoms with van der Waals surface area (Å²) in [4.78, 5) is 22.9. The Balaban J connectivity index is 1.60. The smallest absolute Gasteiger partial charge is 0.263 e. The molecule has 140 valence electrons. The van der Waals surface area contributed by atoms with E-state index in [-0.39, 0.29) is 23.1 Å². The standard InChI is InChI=1S/C17H18FN7O2/c1-24-5-3-11(9-24)27-13-2-4-20-7-12(13)22-17(26)14-15(19)23-25-8-10(18)6-21-16(14)25/h2,4,6-8,11H,3,5,9H2,1H3,(H2,19,23)(H,22,26). The first kappa shape index (κ1) is 17.2. The number of nitrogens with one attached hydrogen (secondary N) is 1. The molecule has 1 aliphatic heterocycles. The Labute approximate surface area is 154 Å². The second kappa shape index (κ2) is 6.80. The van der Waals surface area contributed by atoms with Gasteiger partial charge >= 0.3 is 0 Å². The number of nitrogens with two attached hydrogens (primary N) is 1. The van der Waals surface area contributed by atoms with Crippen LogP contribution in [0.5, 0.6) is 5.75 Å². The average molecular weight is 371 g/mol. The molecule has 9 nitrogen and oxygen atoms in total. The van der Waals surface area contributed by atoms with Gasteiger partial charge in [0.1, 0.15) is 23.1 Å². The zero-order chi connectivity index (χ0) is 19.0. The third-order valence-corrected chi connectivity index (χ3v) is 4.37. The lowest BCUT2D eigenvalue weighted by Gasteiger charge is -2.16. The van der Waals surface area contributed by atoms with Gasteiger partial charge in [0, 0.05) is 25.4 Å². The molecule has 1 fully saturated rings. The highest BCUT2D eigenvalue weighted by molar-refractivity contribution is 6.11. The van der Waals surface area contributed by atoms with E-state index in [1.165, 1.54) is 6.20 Å². The number of likely N-dealkylation sites (tertiary alicyclic amines) is 1. The van der Waals surface area contributed by atoms with Crippen molar-refractivity contribution in [2.24, 2.45) is 0 Å². The van der Waals surface area contributed by atoms with Gasteiger partial charge in [-0.25, -0.2) is 13.9 Å². The molecular formula is C17H18FN7O2. The number of fused-ring (bicyclic) bond motifs is 1. The molecule has 1 unspecified atom stereocenters. The van der Waals surface area contributed by atoms with Crippen LogP contribution in [0.1, 0.15) is 16.8 Å². The maximum atomic E-state index is 13.3. The van der Waals surface area contributed by atoms with Crippen LogP contribution in [-0.2, 0) is 0 Å². The molecule has 4 rings (SSSR count). The van der Waals surface area contributed by atoms with Crippen LogP contribution in [0.2, 0.25) is 0 Å². The van der Waals surface area contributed by atoms with Crippen LogP contribution in [0.25, 0.3) is 5.65 Å². The normalized spacial score (nSPS) is 17.3. The highest BCUT2D eigenvalue weighted by Crippen LogP contribution is 2.27. The van der Waals surface area contributed by atoms with Crippen LogP contribution < -0.4 is 15.8 Å². The maximum absolute atomic E-state index is 13.3. The molecule has 0 spiro atoms. The number of nitrogen functional groups attached to an aromatic ring is 1. The second-order valence-corrected chi connectivity index (χ2v) is 6.42. The summed E-state index contributed by atoms with van der Waals surface area (Å²) in [6.45, 7) is 1.77. The number of aromatic nitrogens is 4. The first-order chi connectivity index (χ1) is 13.0. The van der Waals surface area contributed by atoms with E-state index in [0.717, 1.165) is 36.4 Å². The quantitative estimate of drug-likeness (QED) is 0.708. The van der Waals surface area contributed by atoms with Gasteiger partial charge in [0.2, 0.25) is 0 Å². The van der Waals surface area contributed by atoms with Crippen LogP contribution in [0, 0.1) is 5.82 Å². The molecule has 10 heteroatoms. The molecule has 0 saturated carbocycles. The minimum Gasteiger partial charge on any atom is -0.487 e. The van der Waals surface area contributed by atoms with Gasteiger partial charge in [0.15, 0.2) is 17.3 Å². The predicted molar refractivity (Wildman–Crippen MR) is 96.1 cm³/mol. The van der Waals surface area contributed by atoms with Crippen LogP contribution in [0.4, 0.5) is 15.9 Å². The number of carbonyl (C=O) groups is 1. The predicted octanol–water partition coefficient (Wildman–Crippen LogP) is 1.18. The van der Waals surface area contributed by atoms with E-state index in [4.69, 9.17) is 10.5 Å². The SMILES string of the molecule is CN1CCC(Oc2ccncc2NC(=O)c2c(N)nn3cc(F)cnc23)C1. The number of amides is 1. The number of hydrogen-bond donors (Lipinski definition) is 2. The molecule has 0 bridgehead atoms. The minimum absolute atomic E-state index is 0.0414. The first-order valence-corrected chi connectivity index (χ1v) is 8.41. The van der Waals surface area contributed by atoms with Gasteiger partial charge in [-0.2, -0.15) is 0 Å². The lowest BCUT2D eigenvalue weighted by atomic mass is 10.2. The van der Waals surface area contributed by atoms with Crippen molar-refractivity contribution < 1.29 is 13.9 Å². The van der Waals surface area contributed by atoms with Gasteiger partial charge in [0.05, 0.1) is 18.6 Å².